The van der Waals surface area contributed by atoms with Crippen LogP contribution in [0.1, 0.15) is 16.1 Å². The zero-order valence-electron chi connectivity index (χ0n) is 14.8. The Hall–Kier alpha value is -1.97. The normalized spacial score (nSPS) is 21.9. The fourth-order valence-electron chi connectivity index (χ4n) is 3.37. The highest BCUT2D eigenvalue weighted by molar-refractivity contribution is 7.91. The number of thiophene rings is 1. The van der Waals surface area contributed by atoms with Crippen molar-refractivity contribution in [1.29, 1.82) is 0 Å². The molecule has 9 heteroatoms. The summed E-state index contributed by atoms with van der Waals surface area (Å²) in [6.07, 6.45) is 2.21. The Morgan fingerprint density at radius 3 is 2.78 bits per heavy atom. The van der Waals surface area contributed by atoms with Crippen molar-refractivity contribution in [3.8, 4) is 11.3 Å². The van der Waals surface area contributed by atoms with Crippen molar-refractivity contribution in [3.63, 3.8) is 0 Å². The smallest absolute Gasteiger partial charge is 0.261 e. The Morgan fingerprint density at radius 2 is 2.11 bits per heavy atom. The molecule has 0 aromatic carbocycles. The Balaban J connectivity index is 1.61. The molecule has 7 nitrogen and oxygen atoms in total. The van der Waals surface area contributed by atoms with Gasteiger partial charge in [0.1, 0.15) is 5.00 Å². The van der Waals surface area contributed by atoms with E-state index in [2.05, 4.69) is 15.2 Å². The van der Waals surface area contributed by atoms with Crippen LogP contribution in [0.2, 0.25) is 0 Å². The number of rotatable bonds is 4. The summed E-state index contributed by atoms with van der Waals surface area (Å²) in [4.78, 5) is 20.0. The molecule has 1 amide bonds. The number of carbonyl (C=O) groups excluding carboxylic acids is 1. The van der Waals surface area contributed by atoms with E-state index in [-0.39, 0.29) is 23.5 Å². The van der Waals surface area contributed by atoms with E-state index < -0.39 is 9.84 Å². The summed E-state index contributed by atoms with van der Waals surface area (Å²) in [6, 6.07) is 7.26. The maximum absolute atomic E-state index is 12.7. The molecule has 1 atom stereocenters. The first kappa shape index (κ1) is 18.4. The average Bonchev–Trinajstić information content (AvgIpc) is 3.27. The predicted octanol–water partition coefficient (Wildman–Crippen LogP) is 1.56. The number of hydrogen-bond acceptors (Lipinski definition) is 7. The van der Waals surface area contributed by atoms with Gasteiger partial charge in [0.25, 0.3) is 5.91 Å². The van der Waals surface area contributed by atoms with Crippen LogP contribution >= 0.6 is 11.3 Å². The van der Waals surface area contributed by atoms with Gasteiger partial charge in [0, 0.05) is 30.9 Å². The number of aromatic nitrogens is 1. The summed E-state index contributed by atoms with van der Waals surface area (Å²) in [5, 5.41) is 3.88. The van der Waals surface area contributed by atoms with Crippen molar-refractivity contribution in [3.05, 3.63) is 35.3 Å². The minimum absolute atomic E-state index is 0.0214. The van der Waals surface area contributed by atoms with E-state index in [1.165, 1.54) is 11.3 Å². The van der Waals surface area contributed by atoms with Gasteiger partial charge >= 0.3 is 0 Å². The summed E-state index contributed by atoms with van der Waals surface area (Å²) in [5.74, 6) is -0.0625. The van der Waals surface area contributed by atoms with E-state index >= 15 is 0 Å². The van der Waals surface area contributed by atoms with Gasteiger partial charge in [0.2, 0.25) is 0 Å². The highest BCUT2D eigenvalue weighted by Gasteiger charge is 2.30. The Kier molecular flexibility index (Phi) is 5.16. The lowest BCUT2D eigenvalue weighted by Crippen LogP contribution is -2.36. The van der Waals surface area contributed by atoms with E-state index in [1.54, 1.807) is 6.20 Å². The first-order valence-corrected chi connectivity index (χ1v) is 11.5. The molecule has 0 bridgehead atoms. The molecular weight excluding hydrogens is 386 g/mol. The van der Waals surface area contributed by atoms with Crippen LogP contribution in [0, 0.1) is 0 Å². The zero-order valence-corrected chi connectivity index (χ0v) is 16.4. The van der Waals surface area contributed by atoms with Crippen LogP contribution in [0.3, 0.4) is 0 Å². The third-order valence-electron chi connectivity index (χ3n) is 4.74. The number of nitrogens with one attached hydrogen (secondary N) is 1. The van der Waals surface area contributed by atoms with Gasteiger partial charge in [-0.1, -0.05) is 6.07 Å². The van der Waals surface area contributed by atoms with Crippen molar-refractivity contribution in [2.45, 2.75) is 12.5 Å². The highest BCUT2D eigenvalue weighted by atomic mass is 32.2. The number of ether oxygens (including phenoxy) is 1. The Bertz CT molecular complexity index is 921. The van der Waals surface area contributed by atoms with Crippen LogP contribution in [0.5, 0.6) is 0 Å². The van der Waals surface area contributed by atoms with Crippen LogP contribution in [-0.4, -0.2) is 63.2 Å². The minimum atomic E-state index is -3.03. The predicted molar refractivity (Wildman–Crippen MR) is 105 cm³/mol. The molecule has 4 heterocycles. The van der Waals surface area contributed by atoms with Gasteiger partial charge in [-0.25, -0.2) is 8.42 Å². The second-order valence-electron chi connectivity index (χ2n) is 6.72. The SMILES string of the molecule is O=C(NC1CCS(=O)(=O)C1)c1cc(-c2ccccn2)c(N2CCOCC2)s1. The fourth-order valence-corrected chi connectivity index (χ4v) is 6.16. The van der Waals surface area contributed by atoms with Crippen molar-refractivity contribution < 1.29 is 17.9 Å². The molecule has 2 fully saturated rings. The molecule has 27 heavy (non-hydrogen) atoms. The third-order valence-corrected chi connectivity index (χ3v) is 7.71. The monoisotopic (exact) mass is 407 g/mol. The van der Waals surface area contributed by atoms with E-state index in [4.69, 9.17) is 4.74 Å². The van der Waals surface area contributed by atoms with Crippen LogP contribution in [0.4, 0.5) is 5.00 Å². The fraction of sp³-hybridized carbons (Fsp3) is 0.444. The van der Waals surface area contributed by atoms with Crippen molar-refractivity contribution >= 4 is 32.1 Å². The molecule has 0 aliphatic carbocycles. The van der Waals surface area contributed by atoms with E-state index in [0.29, 0.717) is 24.5 Å². The van der Waals surface area contributed by atoms with Crippen LogP contribution in [0.15, 0.2) is 30.5 Å². The Labute approximate surface area is 162 Å². The molecule has 2 saturated heterocycles. The molecule has 2 aliphatic rings. The van der Waals surface area contributed by atoms with Crippen molar-refractivity contribution in [1.82, 2.24) is 10.3 Å². The maximum atomic E-state index is 12.7. The molecule has 0 saturated carbocycles. The van der Waals surface area contributed by atoms with E-state index in [9.17, 15) is 13.2 Å². The maximum Gasteiger partial charge on any atom is 0.261 e. The number of anilines is 1. The highest BCUT2D eigenvalue weighted by Crippen LogP contribution is 2.38. The first-order valence-electron chi connectivity index (χ1n) is 8.91. The average molecular weight is 408 g/mol. The van der Waals surface area contributed by atoms with Gasteiger partial charge in [0.05, 0.1) is 35.3 Å². The van der Waals surface area contributed by atoms with Crippen LogP contribution in [-0.2, 0) is 14.6 Å². The zero-order chi connectivity index (χ0) is 18.9. The van der Waals surface area contributed by atoms with Gasteiger partial charge < -0.3 is 15.0 Å². The molecule has 2 aromatic rings. The second kappa shape index (κ2) is 7.57. The number of morpholine rings is 1. The summed E-state index contributed by atoms with van der Waals surface area (Å²) >= 11 is 1.42. The summed E-state index contributed by atoms with van der Waals surface area (Å²) < 4.78 is 28.7. The quantitative estimate of drug-likeness (QED) is 0.828. The lowest BCUT2D eigenvalue weighted by molar-refractivity contribution is 0.0945. The molecule has 144 valence electrons. The van der Waals surface area contributed by atoms with Gasteiger partial charge in [-0.15, -0.1) is 11.3 Å². The molecule has 4 rings (SSSR count). The largest absolute Gasteiger partial charge is 0.378 e. The lowest BCUT2D eigenvalue weighted by atomic mass is 10.1. The summed E-state index contributed by atoms with van der Waals surface area (Å²) in [6.45, 7) is 2.84. The van der Waals surface area contributed by atoms with Gasteiger partial charge in [0.15, 0.2) is 9.84 Å². The number of amides is 1. The summed E-state index contributed by atoms with van der Waals surface area (Å²) in [7, 11) is -3.03. The van der Waals surface area contributed by atoms with Crippen LogP contribution < -0.4 is 10.2 Å². The topological polar surface area (TPSA) is 88.6 Å². The molecule has 2 aromatic heterocycles. The number of hydrogen-bond donors (Lipinski definition) is 1. The number of carbonyl (C=O) groups is 1. The number of pyridine rings is 1. The molecule has 1 N–H and O–H groups in total. The molecule has 2 aliphatic heterocycles. The second-order valence-corrected chi connectivity index (χ2v) is 9.98. The Morgan fingerprint density at radius 1 is 1.30 bits per heavy atom. The number of sulfone groups is 1. The van der Waals surface area contributed by atoms with Crippen molar-refractivity contribution in [2.24, 2.45) is 0 Å². The van der Waals surface area contributed by atoms with Gasteiger partial charge in [-0.2, -0.15) is 0 Å². The first-order chi connectivity index (χ1) is 13.0. The standard InChI is InChI=1S/C18H21N3O4S2/c22-17(20-13-4-10-27(23,24)12-13)16-11-14(15-3-1-2-5-19-15)18(26-16)21-6-8-25-9-7-21/h1-3,5,11,13H,4,6-10,12H2,(H,20,22). The molecule has 1 unspecified atom stereocenters. The van der Waals surface area contributed by atoms with Gasteiger partial charge in [-0.3, -0.25) is 9.78 Å². The minimum Gasteiger partial charge on any atom is -0.378 e. The van der Waals surface area contributed by atoms with Crippen molar-refractivity contribution in [2.75, 3.05) is 42.7 Å². The van der Waals surface area contributed by atoms with Gasteiger partial charge in [-0.05, 0) is 24.6 Å². The van der Waals surface area contributed by atoms with Crippen LogP contribution in [0.25, 0.3) is 11.3 Å². The summed E-state index contributed by atoms with van der Waals surface area (Å²) in [5.41, 5.74) is 1.74. The van der Waals surface area contributed by atoms with E-state index in [1.807, 2.05) is 24.3 Å². The molecule has 0 spiro atoms. The third kappa shape index (κ3) is 4.15. The van der Waals surface area contributed by atoms with E-state index in [0.717, 1.165) is 29.3 Å². The molecule has 0 radical (unpaired) electrons. The number of nitrogens with zero attached hydrogens (tertiary/aromatic N) is 2. The molecular formula is C18H21N3O4S2. The lowest BCUT2D eigenvalue weighted by Gasteiger charge is -2.28.